The summed E-state index contributed by atoms with van der Waals surface area (Å²) >= 11 is 0. The molecule has 0 aromatic heterocycles. The minimum atomic E-state index is -0.484. The number of hydrogen-bond acceptors (Lipinski definition) is 1. The summed E-state index contributed by atoms with van der Waals surface area (Å²) < 4.78 is 0. The van der Waals surface area contributed by atoms with Crippen molar-refractivity contribution in [3.63, 3.8) is 0 Å². The van der Waals surface area contributed by atoms with Gasteiger partial charge in [0.15, 0.2) is 0 Å². The Bertz CT molecular complexity index is 822. The molecule has 0 spiro atoms. The van der Waals surface area contributed by atoms with Gasteiger partial charge in [0, 0.05) is 0 Å². The molecule has 1 saturated carbocycles. The van der Waals surface area contributed by atoms with Crippen molar-refractivity contribution in [3.05, 3.63) is 96.1 Å². The molecule has 0 radical (unpaired) electrons. The first kappa shape index (κ1) is 18.4. The van der Waals surface area contributed by atoms with Crippen molar-refractivity contribution >= 4 is 18.5 Å². The van der Waals surface area contributed by atoms with Crippen molar-refractivity contribution in [1.82, 2.24) is 0 Å². The predicted octanol–water partition coefficient (Wildman–Crippen LogP) is 5.33. The van der Waals surface area contributed by atoms with Gasteiger partial charge in [0.2, 0.25) is 0 Å². The summed E-state index contributed by atoms with van der Waals surface area (Å²) in [6.07, 6.45) is 3.13. The molecule has 3 atom stereocenters. The van der Waals surface area contributed by atoms with Crippen molar-refractivity contribution in [1.29, 1.82) is 0 Å². The zero-order chi connectivity index (χ0) is 18.6. The van der Waals surface area contributed by atoms with Crippen molar-refractivity contribution in [2.24, 2.45) is 5.92 Å². The van der Waals surface area contributed by atoms with E-state index in [1.54, 1.807) is 0 Å². The molecule has 138 valence electrons. The number of rotatable bonds is 5. The summed E-state index contributed by atoms with van der Waals surface area (Å²) in [4.78, 5) is 0. The van der Waals surface area contributed by atoms with Gasteiger partial charge in [-0.15, -0.1) is 0 Å². The molecular weight excluding hydrogens is 347 g/mol. The lowest BCUT2D eigenvalue weighted by Gasteiger charge is -2.33. The van der Waals surface area contributed by atoms with Crippen LogP contribution in [0, 0.1) is 12.8 Å². The topological polar surface area (TPSA) is 20.2 Å². The summed E-state index contributed by atoms with van der Waals surface area (Å²) in [6.45, 7) is 2.11. The van der Waals surface area contributed by atoms with Crippen molar-refractivity contribution in [2.45, 2.75) is 37.9 Å². The Morgan fingerprint density at radius 3 is 1.93 bits per heavy atom. The van der Waals surface area contributed by atoms with Gasteiger partial charge in [-0.05, 0) is 61.0 Å². The molecule has 4 rings (SSSR count). The van der Waals surface area contributed by atoms with Crippen molar-refractivity contribution in [2.75, 3.05) is 0 Å². The van der Waals surface area contributed by atoms with Crippen LogP contribution in [0.15, 0.2) is 84.9 Å². The average Bonchev–Trinajstić information content (AvgIpc) is 3.19. The molecule has 1 fully saturated rings. The molecule has 1 N–H and O–H groups in total. The molecule has 3 aromatic carbocycles. The van der Waals surface area contributed by atoms with E-state index in [4.69, 9.17) is 0 Å². The van der Waals surface area contributed by atoms with Crippen LogP contribution in [0.25, 0.3) is 0 Å². The Hall–Kier alpha value is -1.95. The Morgan fingerprint density at radius 1 is 0.778 bits per heavy atom. The fourth-order valence-corrected chi connectivity index (χ4v) is 7.70. The van der Waals surface area contributed by atoms with Gasteiger partial charge in [-0.1, -0.05) is 91.3 Å². The Morgan fingerprint density at radius 2 is 1.33 bits per heavy atom. The molecule has 0 aliphatic heterocycles. The minimum Gasteiger partial charge on any atom is -0.388 e. The van der Waals surface area contributed by atoms with Crippen LogP contribution in [-0.4, -0.2) is 10.8 Å². The van der Waals surface area contributed by atoms with Crippen LogP contribution >= 0.6 is 7.92 Å². The van der Waals surface area contributed by atoms with Crippen molar-refractivity contribution in [3.8, 4) is 0 Å². The Kier molecular flexibility index (Phi) is 5.72. The van der Waals surface area contributed by atoms with Gasteiger partial charge < -0.3 is 5.11 Å². The normalized spacial score (nSPS) is 20.7. The van der Waals surface area contributed by atoms with Crippen LogP contribution in [0.4, 0.5) is 0 Å². The van der Waals surface area contributed by atoms with E-state index in [0.29, 0.717) is 11.6 Å². The number of hydrogen-bond donors (Lipinski definition) is 1. The molecular formula is C25H27OP. The van der Waals surface area contributed by atoms with E-state index in [9.17, 15) is 5.11 Å². The van der Waals surface area contributed by atoms with Crippen LogP contribution in [0.3, 0.4) is 0 Å². The van der Waals surface area contributed by atoms with Crippen LogP contribution in [0.1, 0.15) is 36.5 Å². The smallest absolute Gasteiger partial charge is 0.0827 e. The van der Waals surface area contributed by atoms with Gasteiger partial charge in [-0.25, -0.2) is 0 Å². The molecule has 1 nitrogen and oxygen atoms in total. The van der Waals surface area contributed by atoms with Crippen LogP contribution in [0.2, 0.25) is 0 Å². The molecule has 1 aliphatic carbocycles. The van der Waals surface area contributed by atoms with E-state index < -0.39 is 7.92 Å². The maximum atomic E-state index is 11.3. The fraction of sp³-hybridized carbons (Fsp3) is 0.280. The molecule has 3 aromatic rings. The standard InChI is InChI=1S/C25H27OP/c1-19-11-8-9-16-22(19)25(26)23-17-10-18-24(23)27(20-12-4-2-5-13-20)21-14-6-3-7-15-21/h2-9,11-16,23-26H,10,17-18H2,1H3/t23?,24?,25-/m0/s1. The Balaban J connectivity index is 1.72. The third-order valence-electron chi connectivity index (χ3n) is 5.84. The first-order valence-electron chi connectivity index (χ1n) is 9.88. The van der Waals surface area contributed by atoms with Gasteiger partial charge in [0.1, 0.15) is 0 Å². The van der Waals surface area contributed by atoms with E-state index in [2.05, 4.69) is 85.8 Å². The Labute approximate surface area is 163 Å². The highest BCUT2D eigenvalue weighted by Crippen LogP contribution is 2.53. The summed E-state index contributed by atoms with van der Waals surface area (Å²) in [6, 6.07) is 30.2. The number of benzene rings is 3. The van der Waals surface area contributed by atoms with E-state index in [-0.39, 0.29) is 6.10 Å². The van der Waals surface area contributed by atoms with E-state index >= 15 is 0 Å². The average molecular weight is 374 g/mol. The minimum absolute atomic E-state index is 0.317. The summed E-state index contributed by atoms with van der Waals surface area (Å²) in [5.41, 5.74) is 2.81. The fourth-order valence-electron chi connectivity index (χ4n) is 4.52. The summed E-state index contributed by atoms with van der Waals surface area (Å²) in [5.74, 6) is 0.317. The van der Waals surface area contributed by atoms with Gasteiger partial charge in [-0.2, -0.15) is 0 Å². The van der Waals surface area contributed by atoms with E-state index in [1.807, 2.05) is 6.07 Å². The lowest BCUT2D eigenvalue weighted by molar-refractivity contribution is 0.113. The monoisotopic (exact) mass is 374 g/mol. The van der Waals surface area contributed by atoms with Gasteiger partial charge in [0.25, 0.3) is 0 Å². The molecule has 27 heavy (non-hydrogen) atoms. The predicted molar refractivity (Wildman–Crippen MR) is 116 cm³/mol. The lowest BCUT2D eigenvalue weighted by Crippen LogP contribution is -2.28. The highest BCUT2D eigenvalue weighted by atomic mass is 31.1. The lowest BCUT2D eigenvalue weighted by atomic mass is 9.91. The molecule has 2 unspecified atom stereocenters. The highest BCUT2D eigenvalue weighted by molar-refractivity contribution is 7.73. The third kappa shape index (κ3) is 3.86. The zero-order valence-electron chi connectivity index (χ0n) is 15.8. The number of aliphatic hydroxyl groups is 1. The summed E-state index contributed by atoms with van der Waals surface area (Å²) in [7, 11) is -0.484. The second kappa shape index (κ2) is 8.38. The second-order valence-corrected chi connectivity index (χ2v) is 9.94. The zero-order valence-corrected chi connectivity index (χ0v) is 16.7. The summed E-state index contributed by atoms with van der Waals surface area (Å²) in [5, 5.41) is 14.2. The third-order valence-corrected chi connectivity index (χ3v) is 8.86. The first-order chi connectivity index (χ1) is 13.3. The van der Waals surface area contributed by atoms with Gasteiger partial charge >= 0.3 is 0 Å². The molecule has 2 heteroatoms. The van der Waals surface area contributed by atoms with Crippen LogP contribution in [0.5, 0.6) is 0 Å². The largest absolute Gasteiger partial charge is 0.388 e. The number of aryl methyl sites for hydroxylation is 1. The second-order valence-electron chi connectivity index (χ2n) is 7.50. The van der Waals surface area contributed by atoms with E-state index in [1.165, 1.54) is 29.0 Å². The van der Waals surface area contributed by atoms with E-state index in [0.717, 1.165) is 12.0 Å². The van der Waals surface area contributed by atoms with Crippen LogP contribution < -0.4 is 10.6 Å². The van der Waals surface area contributed by atoms with Crippen molar-refractivity contribution < 1.29 is 5.11 Å². The van der Waals surface area contributed by atoms with Crippen LogP contribution in [-0.2, 0) is 0 Å². The van der Waals surface area contributed by atoms with Gasteiger partial charge in [-0.3, -0.25) is 0 Å². The van der Waals surface area contributed by atoms with Gasteiger partial charge in [0.05, 0.1) is 6.10 Å². The molecule has 1 aliphatic rings. The quantitative estimate of drug-likeness (QED) is 0.599. The molecule has 0 bridgehead atoms. The number of aliphatic hydroxyl groups excluding tert-OH is 1. The highest BCUT2D eigenvalue weighted by Gasteiger charge is 2.39. The molecule has 0 saturated heterocycles. The maximum absolute atomic E-state index is 11.3. The maximum Gasteiger partial charge on any atom is 0.0827 e. The molecule has 0 amide bonds. The first-order valence-corrected chi connectivity index (χ1v) is 11.3. The molecule has 0 heterocycles. The SMILES string of the molecule is Cc1ccccc1[C@H](O)C1CCCC1P(c1ccccc1)c1ccccc1.